The zero-order valence-electron chi connectivity index (χ0n) is 10.7. The Balaban J connectivity index is 1.79. The van der Waals surface area contributed by atoms with Crippen molar-refractivity contribution in [2.75, 3.05) is 13.1 Å². The Morgan fingerprint density at radius 1 is 1.21 bits per heavy atom. The van der Waals surface area contributed by atoms with Crippen LogP contribution in [0.3, 0.4) is 0 Å². The van der Waals surface area contributed by atoms with Gasteiger partial charge in [0.2, 0.25) is 0 Å². The molecular formula is C15H17BrClNO. The highest BCUT2D eigenvalue weighted by molar-refractivity contribution is 9.10. The van der Waals surface area contributed by atoms with Crippen molar-refractivity contribution in [3.05, 3.63) is 33.3 Å². The van der Waals surface area contributed by atoms with E-state index in [1.165, 1.54) is 25.7 Å². The molecule has 102 valence electrons. The largest absolute Gasteiger partial charge is 0.338 e. The molecule has 3 rings (SSSR count). The molecule has 0 radical (unpaired) electrons. The number of benzene rings is 1. The molecule has 0 atom stereocenters. The molecular weight excluding hydrogens is 326 g/mol. The van der Waals surface area contributed by atoms with Crippen LogP contribution < -0.4 is 0 Å². The van der Waals surface area contributed by atoms with E-state index in [4.69, 9.17) is 11.6 Å². The molecule has 0 aliphatic heterocycles. The van der Waals surface area contributed by atoms with Crippen molar-refractivity contribution in [1.29, 1.82) is 0 Å². The Bertz CT molecular complexity index is 483. The van der Waals surface area contributed by atoms with Gasteiger partial charge in [0.1, 0.15) is 0 Å². The van der Waals surface area contributed by atoms with Crippen molar-refractivity contribution in [3.63, 3.8) is 0 Å². The monoisotopic (exact) mass is 341 g/mol. The van der Waals surface area contributed by atoms with Crippen molar-refractivity contribution in [1.82, 2.24) is 4.90 Å². The highest BCUT2D eigenvalue weighted by Crippen LogP contribution is 2.35. The second-order valence-corrected chi connectivity index (χ2v) is 6.93. The minimum Gasteiger partial charge on any atom is -0.338 e. The highest BCUT2D eigenvalue weighted by atomic mass is 79.9. The summed E-state index contributed by atoms with van der Waals surface area (Å²) < 4.78 is 0.790. The van der Waals surface area contributed by atoms with Gasteiger partial charge in [0.25, 0.3) is 5.91 Å². The lowest BCUT2D eigenvalue weighted by atomic mass is 10.1. The van der Waals surface area contributed by atoms with Gasteiger partial charge in [0, 0.05) is 17.6 Å². The van der Waals surface area contributed by atoms with E-state index < -0.39 is 0 Å². The molecule has 1 aromatic rings. The molecule has 2 saturated carbocycles. The van der Waals surface area contributed by atoms with Crippen molar-refractivity contribution >= 4 is 33.4 Å². The molecule has 0 saturated heterocycles. The van der Waals surface area contributed by atoms with Crippen LogP contribution >= 0.6 is 27.5 Å². The van der Waals surface area contributed by atoms with Gasteiger partial charge in [-0.25, -0.2) is 0 Å². The van der Waals surface area contributed by atoms with E-state index in [1.54, 1.807) is 0 Å². The molecule has 0 heterocycles. The van der Waals surface area contributed by atoms with E-state index in [0.29, 0.717) is 22.4 Å². The van der Waals surface area contributed by atoms with E-state index in [2.05, 4.69) is 15.9 Å². The highest BCUT2D eigenvalue weighted by Gasteiger charge is 2.32. The van der Waals surface area contributed by atoms with E-state index in [9.17, 15) is 4.79 Å². The van der Waals surface area contributed by atoms with Crippen LogP contribution in [-0.2, 0) is 0 Å². The van der Waals surface area contributed by atoms with Crippen molar-refractivity contribution in [2.45, 2.75) is 25.7 Å². The summed E-state index contributed by atoms with van der Waals surface area (Å²) >= 11 is 9.63. The molecule has 0 N–H and O–H groups in total. The van der Waals surface area contributed by atoms with Gasteiger partial charge in [0.05, 0.1) is 10.6 Å². The van der Waals surface area contributed by atoms with Crippen LogP contribution in [0.1, 0.15) is 36.0 Å². The third kappa shape index (κ3) is 3.32. The first kappa shape index (κ1) is 13.4. The van der Waals surface area contributed by atoms with E-state index in [0.717, 1.165) is 17.6 Å². The lowest BCUT2D eigenvalue weighted by Crippen LogP contribution is -2.34. The number of carbonyl (C=O) groups excluding carboxylic acids is 1. The number of halogens is 2. The fourth-order valence-electron chi connectivity index (χ4n) is 2.30. The second kappa shape index (κ2) is 5.45. The Kier molecular flexibility index (Phi) is 3.86. The lowest BCUT2D eigenvalue weighted by Gasteiger charge is -2.23. The summed E-state index contributed by atoms with van der Waals surface area (Å²) in [6, 6.07) is 5.56. The Hall–Kier alpha value is -0.540. The van der Waals surface area contributed by atoms with Crippen LogP contribution in [0.25, 0.3) is 0 Å². The summed E-state index contributed by atoms with van der Waals surface area (Å²) in [5, 5.41) is 0.532. The first-order chi connectivity index (χ1) is 9.15. The van der Waals surface area contributed by atoms with Crippen LogP contribution in [-0.4, -0.2) is 23.9 Å². The molecule has 2 fully saturated rings. The molecule has 2 aliphatic carbocycles. The zero-order chi connectivity index (χ0) is 13.4. The molecule has 0 unspecified atom stereocenters. The quantitative estimate of drug-likeness (QED) is 0.778. The third-order valence-corrected chi connectivity index (χ3v) is 5.12. The fraction of sp³-hybridized carbons (Fsp3) is 0.533. The van der Waals surface area contributed by atoms with Gasteiger partial charge in [-0.3, -0.25) is 4.79 Å². The molecule has 2 nitrogen and oxygen atoms in total. The number of carbonyl (C=O) groups is 1. The Morgan fingerprint density at radius 2 is 1.79 bits per heavy atom. The molecule has 0 spiro atoms. The molecule has 1 amide bonds. The topological polar surface area (TPSA) is 20.3 Å². The molecule has 0 aromatic heterocycles. The van der Waals surface area contributed by atoms with Crippen LogP contribution in [0.15, 0.2) is 22.7 Å². The first-order valence-corrected chi connectivity index (χ1v) is 8.05. The maximum Gasteiger partial charge on any atom is 0.255 e. The molecule has 19 heavy (non-hydrogen) atoms. The van der Waals surface area contributed by atoms with Gasteiger partial charge >= 0.3 is 0 Å². The lowest BCUT2D eigenvalue weighted by molar-refractivity contribution is 0.0739. The van der Waals surface area contributed by atoms with Gasteiger partial charge in [-0.05, 0) is 65.6 Å². The Labute approximate surface area is 127 Å². The second-order valence-electron chi connectivity index (χ2n) is 5.70. The van der Waals surface area contributed by atoms with Crippen molar-refractivity contribution in [2.24, 2.45) is 11.8 Å². The summed E-state index contributed by atoms with van der Waals surface area (Å²) in [6.45, 7) is 1.80. The SMILES string of the molecule is O=C(c1cccc(Br)c1Cl)N(CC1CC1)CC1CC1. The van der Waals surface area contributed by atoms with Crippen LogP contribution in [0.5, 0.6) is 0 Å². The standard InChI is InChI=1S/C15H17BrClNO/c16-13-3-1-2-12(14(13)17)15(19)18(8-10-4-5-10)9-11-6-7-11/h1-3,10-11H,4-9H2. The number of hydrogen-bond donors (Lipinski definition) is 0. The summed E-state index contributed by atoms with van der Waals surface area (Å²) in [5.74, 6) is 1.52. The number of nitrogens with zero attached hydrogens (tertiary/aromatic N) is 1. The minimum absolute atomic E-state index is 0.0881. The molecule has 1 aromatic carbocycles. The van der Waals surface area contributed by atoms with Crippen LogP contribution in [0.4, 0.5) is 0 Å². The van der Waals surface area contributed by atoms with Crippen molar-refractivity contribution < 1.29 is 4.79 Å². The molecule has 4 heteroatoms. The average molecular weight is 343 g/mol. The average Bonchev–Trinajstić information content (AvgIpc) is 3.26. The fourth-order valence-corrected chi connectivity index (χ4v) is 2.88. The number of amides is 1. The van der Waals surface area contributed by atoms with E-state index >= 15 is 0 Å². The smallest absolute Gasteiger partial charge is 0.255 e. The van der Waals surface area contributed by atoms with Gasteiger partial charge in [-0.15, -0.1) is 0 Å². The first-order valence-electron chi connectivity index (χ1n) is 6.88. The predicted molar refractivity (Wildman–Crippen MR) is 80.5 cm³/mol. The van der Waals surface area contributed by atoms with E-state index in [1.807, 2.05) is 23.1 Å². The van der Waals surface area contributed by atoms with Crippen LogP contribution in [0, 0.1) is 11.8 Å². The minimum atomic E-state index is 0.0881. The normalized spacial score (nSPS) is 18.4. The predicted octanol–water partition coefficient (Wildman–Crippen LogP) is 4.36. The number of rotatable bonds is 5. The van der Waals surface area contributed by atoms with Gasteiger partial charge in [-0.1, -0.05) is 17.7 Å². The molecule has 0 bridgehead atoms. The van der Waals surface area contributed by atoms with Gasteiger partial charge in [0.15, 0.2) is 0 Å². The summed E-state index contributed by atoms with van der Waals surface area (Å²) in [4.78, 5) is 14.7. The summed E-state index contributed by atoms with van der Waals surface area (Å²) in [5.41, 5.74) is 0.623. The maximum absolute atomic E-state index is 12.7. The summed E-state index contributed by atoms with van der Waals surface area (Å²) in [7, 11) is 0. The number of hydrogen-bond acceptors (Lipinski definition) is 1. The third-order valence-electron chi connectivity index (χ3n) is 3.82. The molecule has 2 aliphatic rings. The van der Waals surface area contributed by atoms with Gasteiger partial charge < -0.3 is 4.90 Å². The van der Waals surface area contributed by atoms with Crippen molar-refractivity contribution in [3.8, 4) is 0 Å². The van der Waals surface area contributed by atoms with Gasteiger partial charge in [-0.2, -0.15) is 0 Å². The van der Waals surface area contributed by atoms with E-state index in [-0.39, 0.29) is 5.91 Å². The summed E-state index contributed by atoms with van der Waals surface area (Å²) in [6.07, 6.45) is 5.06. The zero-order valence-corrected chi connectivity index (χ0v) is 13.1. The van der Waals surface area contributed by atoms with Crippen LogP contribution in [0.2, 0.25) is 5.02 Å². The Morgan fingerprint density at radius 3 is 2.32 bits per heavy atom. The maximum atomic E-state index is 12.7.